The van der Waals surface area contributed by atoms with Gasteiger partial charge in [0.25, 0.3) is 10.1 Å². The van der Waals surface area contributed by atoms with Crippen LogP contribution in [0.1, 0.15) is 135 Å². The van der Waals surface area contributed by atoms with Crippen LogP contribution in [0.4, 0.5) is 0 Å². The van der Waals surface area contributed by atoms with Crippen molar-refractivity contribution >= 4 is 16.0 Å². The molecule has 31 heavy (non-hydrogen) atoms. The summed E-state index contributed by atoms with van der Waals surface area (Å²) in [6, 6.07) is 0. The van der Waals surface area contributed by atoms with E-state index in [-0.39, 0.29) is 11.7 Å². The third-order valence-electron chi connectivity index (χ3n) is 6.07. The zero-order valence-corrected chi connectivity index (χ0v) is 21.4. The lowest BCUT2D eigenvalue weighted by Gasteiger charge is -2.16. The third kappa shape index (κ3) is 23.9. The van der Waals surface area contributed by atoms with Crippen LogP contribution in [-0.2, 0) is 14.9 Å². The van der Waals surface area contributed by atoms with Gasteiger partial charge in [-0.1, -0.05) is 110 Å². The molecule has 0 aromatic heterocycles. The summed E-state index contributed by atoms with van der Waals surface area (Å²) in [5.41, 5.74) is 0. The Bertz CT molecular complexity index is 508. The Balaban J connectivity index is 3.30. The molecule has 0 unspecified atom stereocenters. The van der Waals surface area contributed by atoms with Gasteiger partial charge in [-0.3, -0.25) is 9.35 Å². The first-order valence-corrected chi connectivity index (χ1v) is 14.7. The maximum absolute atomic E-state index is 12.1. The van der Waals surface area contributed by atoms with E-state index < -0.39 is 10.1 Å². The molecule has 0 aliphatic heterocycles. The summed E-state index contributed by atoms with van der Waals surface area (Å²) >= 11 is 0. The largest absolute Gasteiger partial charge is 0.346 e. The average Bonchev–Trinajstić information content (AvgIpc) is 2.72. The number of hydrogen-bond donors (Lipinski definition) is 1. The molecule has 0 fully saturated rings. The topological polar surface area (TPSA) is 74.7 Å². The molecule has 6 heteroatoms. The smallest absolute Gasteiger partial charge is 0.264 e. The maximum Gasteiger partial charge on any atom is 0.264 e. The van der Waals surface area contributed by atoms with Crippen LogP contribution in [0.15, 0.2) is 0 Å². The monoisotopic (exact) mass is 461 g/mol. The molecule has 0 aromatic rings. The highest BCUT2D eigenvalue weighted by Gasteiger charge is 2.09. The predicted molar refractivity (Wildman–Crippen MR) is 132 cm³/mol. The number of nitrogens with zero attached hydrogens (tertiary/aromatic N) is 1. The van der Waals surface area contributed by atoms with Gasteiger partial charge in [-0.05, 0) is 19.3 Å². The van der Waals surface area contributed by atoms with Crippen molar-refractivity contribution in [3.63, 3.8) is 0 Å². The molecule has 1 N–H and O–H groups in total. The molecule has 0 aliphatic carbocycles. The van der Waals surface area contributed by atoms with Crippen LogP contribution in [0.25, 0.3) is 0 Å². The molecule has 0 saturated heterocycles. The van der Waals surface area contributed by atoms with E-state index >= 15 is 0 Å². The average molecular weight is 462 g/mol. The molecule has 0 atom stereocenters. The summed E-state index contributed by atoms with van der Waals surface area (Å²) in [6.07, 6.45) is 24.2. The minimum Gasteiger partial charge on any atom is -0.346 e. The highest BCUT2D eigenvalue weighted by Crippen LogP contribution is 2.14. The Morgan fingerprint density at radius 2 is 1.03 bits per heavy atom. The molecule has 0 aromatic carbocycles. The lowest BCUT2D eigenvalue weighted by molar-refractivity contribution is -0.130. The summed E-state index contributed by atoms with van der Waals surface area (Å²) in [5, 5.41) is 0. The van der Waals surface area contributed by atoms with E-state index in [1.165, 1.54) is 96.3 Å². The number of rotatable bonds is 23. The van der Waals surface area contributed by atoms with E-state index in [0.717, 1.165) is 12.8 Å². The predicted octanol–water partition coefficient (Wildman–Crippen LogP) is 7.15. The van der Waals surface area contributed by atoms with Crippen molar-refractivity contribution in [3.05, 3.63) is 0 Å². The fourth-order valence-electron chi connectivity index (χ4n) is 3.95. The minimum absolute atomic E-state index is 0.132. The number of hydrogen-bond acceptors (Lipinski definition) is 3. The van der Waals surface area contributed by atoms with Crippen LogP contribution in [-0.4, -0.2) is 43.1 Å². The van der Waals surface area contributed by atoms with Crippen molar-refractivity contribution in [1.82, 2.24) is 4.90 Å². The Hall–Kier alpha value is -0.620. The fourth-order valence-corrected chi connectivity index (χ4v) is 4.52. The molecular weight excluding hydrogens is 410 g/mol. The van der Waals surface area contributed by atoms with Crippen LogP contribution in [0.5, 0.6) is 0 Å². The molecule has 0 bridgehead atoms. The van der Waals surface area contributed by atoms with Crippen molar-refractivity contribution in [2.24, 2.45) is 0 Å². The first-order valence-electron chi connectivity index (χ1n) is 13.1. The van der Waals surface area contributed by atoms with Gasteiger partial charge in [0.05, 0.1) is 5.75 Å². The molecule has 1 amide bonds. The van der Waals surface area contributed by atoms with Gasteiger partial charge in [0.2, 0.25) is 5.91 Å². The second-order valence-corrected chi connectivity index (χ2v) is 10.8. The molecule has 5 nitrogen and oxygen atoms in total. The van der Waals surface area contributed by atoms with Crippen molar-refractivity contribution in [1.29, 1.82) is 0 Å². The van der Waals surface area contributed by atoms with E-state index in [2.05, 4.69) is 6.92 Å². The number of amides is 1. The van der Waals surface area contributed by atoms with Gasteiger partial charge in [-0.2, -0.15) is 8.42 Å². The van der Waals surface area contributed by atoms with Crippen LogP contribution in [0.3, 0.4) is 0 Å². The summed E-state index contributed by atoms with van der Waals surface area (Å²) in [6.45, 7) is 2.82. The lowest BCUT2D eigenvalue weighted by atomic mass is 10.0. The molecule has 0 aliphatic rings. The summed E-state index contributed by atoms with van der Waals surface area (Å²) in [7, 11) is -2.12. The molecule has 0 rings (SSSR count). The van der Waals surface area contributed by atoms with Gasteiger partial charge in [-0.15, -0.1) is 0 Å². The highest BCUT2D eigenvalue weighted by atomic mass is 32.2. The zero-order valence-electron chi connectivity index (χ0n) is 20.6. The van der Waals surface area contributed by atoms with Crippen molar-refractivity contribution < 1.29 is 17.8 Å². The minimum atomic E-state index is -3.89. The van der Waals surface area contributed by atoms with Crippen LogP contribution >= 0.6 is 0 Å². The molecule has 186 valence electrons. The summed E-state index contributed by atoms with van der Waals surface area (Å²) in [4.78, 5) is 13.7. The first-order chi connectivity index (χ1) is 14.9. The molecule has 0 heterocycles. The normalized spacial score (nSPS) is 11.7. The van der Waals surface area contributed by atoms with E-state index in [1.54, 1.807) is 11.9 Å². The molecule has 0 saturated carbocycles. The Labute approximate surface area is 193 Å². The fraction of sp³-hybridized carbons (Fsp3) is 0.960. The molecule has 0 radical (unpaired) electrons. The van der Waals surface area contributed by atoms with Crippen molar-refractivity contribution in [2.45, 2.75) is 135 Å². The maximum atomic E-state index is 12.1. The number of unbranched alkanes of at least 4 members (excludes halogenated alkanes) is 17. The van der Waals surface area contributed by atoms with E-state index in [0.29, 0.717) is 25.8 Å². The van der Waals surface area contributed by atoms with Crippen LogP contribution in [0.2, 0.25) is 0 Å². The van der Waals surface area contributed by atoms with Gasteiger partial charge in [0, 0.05) is 20.0 Å². The lowest BCUT2D eigenvalue weighted by Crippen LogP contribution is -2.27. The Kier molecular flexibility index (Phi) is 20.8. The van der Waals surface area contributed by atoms with E-state index in [9.17, 15) is 13.2 Å². The van der Waals surface area contributed by atoms with Gasteiger partial charge in [0.1, 0.15) is 0 Å². The molecule has 0 spiro atoms. The Morgan fingerprint density at radius 1 is 0.645 bits per heavy atom. The Morgan fingerprint density at radius 3 is 1.42 bits per heavy atom. The first kappa shape index (κ1) is 30.4. The quantitative estimate of drug-likeness (QED) is 0.129. The van der Waals surface area contributed by atoms with Crippen LogP contribution in [0, 0.1) is 0 Å². The SMILES string of the molecule is CCCCCCCCCCCCCCCCCCCC(=O)N(C)CCCCS(=O)(=O)O. The number of carbonyl (C=O) groups excluding carboxylic acids is 1. The van der Waals surface area contributed by atoms with Crippen LogP contribution < -0.4 is 0 Å². The third-order valence-corrected chi connectivity index (χ3v) is 6.87. The highest BCUT2D eigenvalue weighted by molar-refractivity contribution is 7.85. The van der Waals surface area contributed by atoms with Gasteiger partial charge < -0.3 is 4.90 Å². The second-order valence-electron chi connectivity index (χ2n) is 9.22. The van der Waals surface area contributed by atoms with Crippen molar-refractivity contribution in [2.75, 3.05) is 19.3 Å². The van der Waals surface area contributed by atoms with E-state index in [4.69, 9.17) is 4.55 Å². The summed E-state index contributed by atoms with van der Waals surface area (Å²) in [5.74, 6) is -0.0957. The number of carbonyl (C=O) groups is 1. The molecular formula is C25H51NO4S. The zero-order chi connectivity index (χ0) is 23.2. The van der Waals surface area contributed by atoms with Crippen molar-refractivity contribution in [3.8, 4) is 0 Å². The van der Waals surface area contributed by atoms with Gasteiger partial charge in [-0.25, -0.2) is 0 Å². The van der Waals surface area contributed by atoms with Gasteiger partial charge in [0.15, 0.2) is 0 Å². The summed E-state index contributed by atoms with van der Waals surface area (Å²) < 4.78 is 30.0. The second kappa shape index (κ2) is 21.2. The van der Waals surface area contributed by atoms with Gasteiger partial charge >= 0.3 is 0 Å². The standard InChI is InChI=1S/C25H51NO4S/c1-3-4-5-6-7-8-9-10-11-12-13-14-15-16-17-18-19-22-25(27)26(2)23-20-21-24-31(28,29)30/h3-24H2,1-2H3,(H,28,29,30). The van der Waals surface area contributed by atoms with E-state index in [1.807, 2.05) is 0 Å².